The molecule has 0 amide bonds. The first-order valence-corrected chi connectivity index (χ1v) is 6.85. The Morgan fingerprint density at radius 3 is 2.52 bits per heavy atom. The summed E-state index contributed by atoms with van der Waals surface area (Å²) in [4.78, 5) is 22.7. The van der Waals surface area contributed by atoms with Crippen LogP contribution in [0.3, 0.4) is 0 Å². The molecule has 0 aliphatic rings. The maximum atomic E-state index is 13.6. The van der Waals surface area contributed by atoms with E-state index in [0.717, 1.165) is 11.3 Å². The van der Waals surface area contributed by atoms with Gasteiger partial charge in [0, 0.05) is 12.5 Å². The molecular formula is C15H11FO4S. The van der Waals surface area contributed by atoms with Gasteiger partial charge in [-0.3, -0.25) is 4.79 Å². The van der Waals surface area contributed by atoms with Crippen LogP contribution in [0, 0.1) is 5.82 Å². The highest BCUT2D eigenvalue weighted by Gasteiger charge is 2.15. The molecule has 0 saturated carbocycles. The Morgan fingerprint density at radius 2 is 1.86 bits per heavy atom. The molecule has 0 aliphatic carbocycles. The molecule has 0 unspecified atom stereocenters. The van der Waals surface area contributed by atoms with Crippen molar-refractivity contribution in [2.45, 2.75) is 6.42 Å². The highest BCUT2D eigenvalue weighted by atomic mass is 32.1. The third-order valence-corrected chi connectivity index (χ3v) is 3.77. The van der Waals surface area contributed by atoms with Gasteiger partial charge in [0.15, 0.2) is 5.78 Å². The van der Waals surface area contributed by atoms with Gasteiger partial charge >= 0.3 is 5.97 Å². The number of aliphatic carboxylic acids is 1. The summed E-state index contributed by atoms with van der Waals surface area (Å²) in [5.41, 5.74) is 1.03. The maximum Gasteiger partial charge on any atom is 0.371 e. The van der Waals surface area contributed by atoms with Crippen molar-refractivity contribution in [3.63, 3.8) is 0 Å². The topological polar surface area (TPSA) is 74.6 Å². The number of rotatable bonds is 5. The second kappa shape index (κ2) is 6.32. The van der Waals surface area contributed by atoms with Crippen LogP contribution >= 0.6 is 11.3 Å². The molecule has 1 heterocycles. The minimum absolute atomic E-state index is 0.221. The minimum Gasteiger partial charge on any atom is -0.502 e. The first-order valence-electron chi connectivity index (χ1n) is 5.97. The van der Waals surface area contributed by atoms with Gasteiger partial charge in [0.25, 0.3) is 0 Å². The summed E-state index contributed by atoms with van der Waals surface area (Å²) in [6.07, 6.45) is 0.873. The third-order valence-electron chi connectivity index (χ3n) is 2.80. The van der Waals surface area contributed by atoms with Crippen LogP contribution in [-0.4, -0.2) is 22.0 Å². The number of benzene rings is 1. The average Bonchev–Trinajstić information content (AvgIpc) is 2.89. The number of carbonyl (C=O) groups is 2. The third kappa shape index (κ3) is 3.55. The lowest BCUT2D eigenvalue weighted by Gasteiger charge is -2.03. The number of ketones is 1. The Hall–Kier alpha value is -2.47. The molecule has 0 bridgehead atoms. The largest absolute Gasteiger partial charge is 0.502 e. The van der Waals surface area contributed by atoms with E-state index in [-0.39, 0.29) is 17.1 Å². The summed E-state index contributed by atoms with van der Waals surface area (Å²) < 4.78 is 13.6. The van der Waals surface area contributed by atoms with E-state index >= 15 is 0 Å². The average molecular weight is 306 g/mol. The van der Waals surface area contributed by atoms with E-state index in [1.807, 2.05) is 0 Å². The van der Waals surface area contributed by atoms with Crippen LogP contribution in [0.15, 0.2) is 47.5 Å². The number of hydrogen-bond donors (Lipinski definition) is 2. The smallest absolute Gasteiger partial charge is 0.371 e. The summed E-state index contributed by atoms with van der Waals surface area (Å²) in [6, 6.07) is 7.90. The number of carbonyl (C=O) groups excluding carboxylic acids is 1. The summed E-state index contributed by atoms with van der Waals surface area (Å²) in [6.45, 7) is 0. The number of carboxylic acid groups (broad SMARTS) is 1. The number of halogens is 1. The Kier molecular flexibility index (Phi) is 4.49. The zero-order chi connectivity index (χ0) is 15.4. The number of thiophene rings is 1. The van der Waals surface area contributed by atoms with Crippen LogP contribution in [0.25, 0.3) is 0 Å². The lowest BCUT2D eigenvalue weighted by molar-refractivity contribution is -0.135. The molecule has 2 rings (SSSR count). The highest BCUT2D eigenvalue weighted by Crippen LogP contribution is 2.22. The van der Waals surface area contributed by atoms with Gasteiger partial charge in [0.1, 0.15) is 5.82 Å². The van der Waals surface area contributed by atoms with E-state index in [0.29, 0.717) is 17.2 Å². The normalized spacial score (nSPS) is 11.4. The SMILES string of the molecule is O=C(O)/C(O)=C/C(=O)c1sccc1Cc1ccccc1F. The molecule has 0 saturated heterocycles. The monoisotopic (exact) mass is 306 g/mol. The molecule has 0 fully saturated rings. The van der Waals surface area contributed by atoms with Crippen molar-refractivity contribution in [3.8, 4) is 0 Å². The second-order valence-corrected chi connectivity index (χ2v) is 5.16. The van der Waals surface area contributed by atoms with Crippen LogP contribution in [0.4, 0.5) is 4.39 Å². The number of carboxylic acids is 1. The zero-order valence-electron chi connectivity index (χ0n) is 10.7. The van der Waals surface area contributed by atoms with E-state index in [4.69, 9.17) is 10.2 Å². The predicted molar refractivity (Wildman–Crippen MR) is 76.2 cm³/mol. The van der Waals surface area contributed by atoms with Gasteiger partial charge in [-0.1, -0.05) is 18.2 Å². The lowest BCUT2D eigenvalue weighted by Crippen LogP contribution is -2.04. The van der Waals surface area contributed by atoms with Crippen LogP contribution in [-0.2, 0) is 11.2 Å². The molecule has 0 radical (unpaired) electrons. The van der Waals surface area contributed by atoms with Crippen LogP contribution in [0.1, 0.15) is 20.8 Å². The highest BCUT2D eigenvalue weighted by molar-refractivity contribution is 7.12. The fourth-order valence-electron chi connectivity index (χ4n) is 1.79. The van der Waals surface area contributed by atoms with Crippen LogP contribution in [0.5, 0.6) is 0 Å². The fraction of sp³-hybridized carbons (Fsp3) is 0.0667. The van der Waals surface area contributed by atoms with Gasteiger partial charge in [-0.25, -0.2) is 9.18 Å². The van der Waals surface area contributed by atoms with Gasteiger partial charge in [-0.05, 0) is 28.6 Å². The molecule has 21 heavy (non-hydrogen) atoms. The Bertz CT molecular complexity index is 718. The van der Waals surface area contributed by atoms with Gasteiger partial charge in [0.05, 0.1) is 4.88 Å². The van der Waals surface area contributed by atoms with E-state index < -0.39 is 17.5 Å². The minimum atomic E-state index is -1.57. The van der Waals surface area contributed by atoms with E-state index in [1.54, 1.807) is 29.6 Å². The number of aliphatic hydroxyl groups excluding tert-OH is 1. The van der Waals surface area contributed by atoms with E-state index in [2.05, 4.69) is 0 Å². The van der Waals surface area contributed by atoms with Crippen molar-refractivity contribution in [1.29, 1.82) is 0 Å². The van der Waals surface area contributed by atoms with Crippen molar-refractivity contribution in [2.24, 2.45) is 0 Å². The molecule has 6 heteroatoms. The van der Waals surface area contributed by atoms with Gasteiger partial charge in [-0.15, -0.1) is 11.3 Å². The molecular weight excluding hydrogens is 295 g/mol. The molecule has 0 atom stereocenters. The molecule has 1 aromatic carbocycles. The zero-order valence-corrected chi connectivity index (χ0v) is 11.6. The molecule has 0 spiro atoms. The van der Waals surface area contributed by atoms with Gasteiger partial charge < -0.3 is 10.2 Å². The van der Waals surface area contributed by atoms with Crippen molar-refractivity contribution in [2.75, 3.05) is 0 Å². The Labute approximate surface area is 123 Å². The second-order valence-electron chi connectivity index (χ2n) is 4.24. The van der Waals surface area contributed by atoms with Crippen molar-refractivity contribution in [1.82, 2.24) is 0 Å². The van der Waals surface area contributed by atoms with Crippen molar-refractivity contribution < 1.29 is 24.2 Å². The predicted octanol–water partition coefficient (Wildman–Crippen LogP) is 3.19. The molecule has 4 nitrogen and oxygen atoms in total. The molecule has 0 aliphatic heterocycles. The molecule has 2 aromatic rings. The molecule has 108 valence electrons. The number of aliphatic hydroxyl groups is 1. The lowest BCUT2D eigenvalue weighted by atomic mass is 10.0. The van der Waals surface area contributed by atoms with Crippen molar-refractivity contribution >= 4 is 23.1 Å². The van der Waals surface area contributed by atoms with Gasteiger partial charge in [-0.2, -0.15) is 0 Å². The summed E-state index contributed by atoms with van der Waals surface area (Å²) in [7, 11) is 0. The Balaban J connectivity index is 2.27. The summed E-state index contributed by atoms with van der Waals surface area (Å²) >= 11 is 1.12. The number of hydrogen-bond acceptors (Lipinski definition) is 4. The fourth-order valence-corrected chi connectivity index (χ4v) is 2.62. The van der Waals surface area contributed by atoms with Crippen LogP contribution in [0.2, 0.25) is 0 Å². The first-order chi connectivity index (χ1) is 9.99. The quantitative estimate of drug-likeness (QED) is 0.505. The van der Waals surface area contributed by atoms with Crippen molar-refractivity contribution in [3.05, 3.63) is 69.4 Å². The maximum absolute atomic E-state index is 13.6. The summed E-state index contributed by atoms with van der Waals surface area (Å²) in [5.74, 6) is -3.58. The first kappa shape index (κ1) is 14.9. The van der Waals surface area contributed by atoms with Crippen LogP contribution < -0.4 is 0 Å². The van der Waals surface area contributed by atoms with E-state index in [1.165, 1.54) is 6.07 Å². The Morgan fingerprint density at radius 1 is 1.14 bits per heavy atom. The standard InChI is InChI=1S/C15H11FO4S/c16-11-4-2-1-3-9(11)7-10-5-6-21-14(10)12(17)8-13(18)15(19)20/h1-6,8,18H,7H2,(H,19,20)/b13-8-. The van der Waals surface area contributed by atoms with Gasteiger partial charge in [0.2, 0.25) is 5.76 Å². The molecule has 2 N–H and O–H groups in total. The molecule has 1 aromatic heterocycles. The summed E-state index contributed by atoms with van der Waals surface area (Å²) in [5, 5.41) is 19.3. The number of allylic oxidation sites excluding steroid dienone is 1. The van der Waals surface area contributed by atoms with E-state index in [9.17, 15) is 14.0 Å².